The van der Waals surface area contributed by atoms with Gasteiger partial charge in [-0.3, -0.25) is 0 Å². The van der Waals surface area contributed by atoms with Crippen molar-refractivity contribution in [2.24, 2.45) is 5.41 Å². The largest absolute Gasteiger partial charge is 0.480 e. The fourth-order valence-electron chi connectivity index (χ4n) is 2.15. The third kappa shape index (κ3) is 3.61. The Labute approximate surface area is 102 Å². The molecule has 1 atom stereocenters. The predicted octanol–water partition coefficient (Wildman–Crippen LogP) is 1.73. The molecule has 3 N–H and O–H groups in total. The average molecular weight is 242 g/mol. The molecule has 1 rings (SSSR count). The van der Waals surface area contributed by atoms with Crippen LogP contribution < -0.4 is 10.6 Å². The summed E-state index contributed by atoms with van der Waals surface area (Å²) in [7, 11) is 0. The van der Waals surface area contributed by atoms with Gasteiger partial charge in [-0.25, -0.2) is 9.59 Å². The van der Waals surface area contributed by atoms with Crippen LogP contribution in [0.15, 0.2) is 0 Å². The van der Waals surface area contributed by atoms with Gasteiger partial charge in [-0.05, 0) is 31.1 Å². The van der Waals surface area contributed by atoms with Gasteiger partial charge in [0.1, 0.15) is 6.04 Å². The van der Waals surface area contributed by atoms with Crippen LogP contribution in [0, 0.1) is 5.41 Å². The number of carbonyl (C=O) groups excluding carboxylic acids is 1. The van der Waals surface area contributed by atoms with Crippen LogP contribution in [0.5, 0.6) is 0 Å². The van der Waals surface area contributed by atoms with Crippen molar-refractivity contribution in [1.29, 1.82) is 0 Å². The SMILES string of the molecule is CC[C@@H](NC(=O)NCC1(CC)CCC1)C(=O)O. The minimum atomic E-state index is -0.989. The number of carboxylic acids is 1. The molecule has 0 spiro atoms. The van der Waals surface area contributed by atoms with E-state index in [1.54, 1.807) is 6.92 Å². The maximum atomic E-state index is 11.5. The van der Waals surface area contributed by atoms with Gasteiger partial charge in [0.25, 0.3) is 0 Å². The van der Waals surface area contributed by atoms with Gasteiger partial charge in [0.2, 0.25) is 0 Å². The molecule has 0 heterocycles. The molecule has 1 aliphatic carbocycles. The zero-order valence-corrected chi connectivity index (χ0v) is 10.6. The molecule has 17 heavy (non-hydrogen) atoms. The Bertz CT molecular complexity index is 282. The summed E-state index contributed by atoms with van der Waals surface area (Å²) in [6.07, 6.45) is 4.98. The standard InChI is InChI=1S/C12H22N2O3/c1-3-9(10(15)16)14-11(17)13-8-12(4-2)6-5-7-12/h9H,3-8H2,1-2H3,(H,15,16)(H2,13,14,17)/t9-/m1/s1. The van der Waals surface area contributed by atoms with E-state index in [4.69, 9.17) is 5.11 Å². The summed E-state index contributed by atoms with van der Waals surface area (Å²) < 4.78 is 0. The fourth-order valence-corrected chi connectivity index (χ4v) is 2.15. The van der Waals surface area contributed by atoms with E-state index >= 15 is 0 Å². The molecule has 1 saturated carbocycles. The van der Waals surface area contributed by atoms with Gasteiger partial charge in [-0.2, -0.15) is 0 Å². The molecular formula is C12H22N2O3. The summed E-state index contributed by atoms with van der Waals surface area (Å²) in [4.78, 5) is 22.3. The topological polar surface area (TPSA) is 78.4 Å². The Hall–Kier alpha value is -1.26. The summed E-state index contributed by atoms with van der Waals surface area (Å²) in [6, 6.07) is -1.17. The third-order valence-electron chi connectivity index (χ3n) is 3.80. The second kappa shape index (κ2) is 5.89. The first-order valence-corrected chi connectivity index (χ1v) is 6.30. The van der Waals surface area contributed by atoms with Gasteiger partial charge in [0.15, 0.2) is 0 Å². The Balaban J connectivity index is 2.32. The lowest BCUT2D eigenvalue weighted by Crippen LogP contribution is -2.49. The smallest absolute Gasteiger partial charge is 0.326 e. The molecule has 0 bridgehead atoms. The van der Waals surface area contributed by atoms with E-state index in [0.29, 0.717) is 13.0 Å². The summed E-state index contributed by atoms with van der Waals surface area (Å²) >= 11 is 0. The molecule has 0 aliphatic heterocycles. The van der Waals surface area contributed by atoms with Crippen LogP contribution in [0.3, 0.4) is 0 Å². The summed E-state index contributed by atoms with van der Waals surface area (Å²) in [5.74, 6) is -0.989. The van der Waals surface area contributed by atoms with Gasteiger partial charge in [-0.1, -0.05) is 20.3 Å². The highest BCUT2D eigenvalue weighted by Crippen LogP contribution is 2.42. The van der Waals surface area contributed by atoms with E-state index in [9.17, 15) is 9.59 Å². The van der Waals surface area contributed by atoms with Crippen molar-refractivity contribution in [3.63, 3.8) is 0 Å². The summed E-state index contributed by atoms with van der Waals surface area (Å²) in [6.45, 7) is 4.51. The Morgan fingerprint density at radius 3 is 2.35 bits per heavy atom. The molecule has 0 aromatic carbocycles. The van der Waals surface area contributed by atoms with Gasteiger partial charge in [-0.15, -0.1) is 0 Å². The number of carboxylic acid groups (broad SMARTS) is 1. The Morgan fingerprint density at radius 1 is 1.35 bits per heavy atom. The third-order valence-corrected chi connectivity index (χ3v) is 3.80. The van der Waals surface area contributed by atoms with Gasteiger partial charge >= 0.3 is 12.0 Å². The van der Waals surface area contributed by atoms with Crippen LogP contribution in [0.2, 0.25) is 0 Å². The Morgan fingerprint density at radius 2 is 2.00 bits per heavy atom. The fraction of sp³-hybridized carbons (Fsp3) is 0.833. The van der Waals surface area contributed by atoms with Gasteiger partial charge < -0.3 is 15.7 Å². The van der Waals surface area contributed by atoms with E-state index in [2.05, 4.69) is 17.6 Å². The van der Waals surface area contributed by atoms with Crippen molar-refractivity contribution in [3.8, 4) is 0 Å². The first kappa shape index (κ1) is 13.8. The quantitative estimate of drug-likeness (QED) is 0.663. The highest BCUT2D eigenvalue weighted by molar-refractivity contribution is 5.82. The first-order valence-electron chi connectivity index (χ1n) is 6.30. The second-order valence-corrected chi connectivity index (χ2v) is 4.83. The molecule has 0 aromatic heterocycles. The van der Waals surface area contributed by atoms with Gasteiger partial charge in [0, 0.05) is 6.54 Å². The zero-order valence-electron chi connectivity index (χ0n) is 10.6. The maximum absolute atomic E-state index is 11.5. The molecule has 0 saturated heterocycles. The van der Waals surface area contributed by atoms with Crippen molar-refractivity contribution in [2.45, 2.75) is 52.0 Å². The molecule has 0 radical (unpaired) electrons. The maximum Gasteiger partial charge on any atom is 0.326 e. The van der Waals surface area contributed by atoms with E-state index in [1.807, 2.05) is 0 Å². The molecule has 5 heteroatoms. The molecule has 0 aromatic rings. The van der Waals surface area contributed by atoms with Crippen molar-refractivity contribution in [3.05, 3.63) is 0 Å². The highest BCUT2D eigenvalue weighted by atomic mass is 16.4. The summed E-state index contributed by atoms with van der Waals surface area (Å²) in [5, 5.41) is 14.1. The second-order valence-electron chi connectivity index (χ2n) is 4.83. The van der Waals surface area contributed by atoms with Crippen LogP contribution in [-0.4, -0.2) is 29.7 Å². The minimum Gasteiger partial charge on any atom is -0.480 e. The van der Waals surface area contributed by atoms with Crippen LogP contribution in [0.1, 0.15) is 46.0 Å². The number of hydrogen-bond acceptors (Lipinski definition) is 2. The van der Waals surface area contributed by atoms with E-state index in [-0.39, 0.29) is 11.4 Å². The van der Waals surface area contributed by atoms with Crippen LogP contribution in [-0.2, 0) is 4.79 Å². The molecule has 98 valence electrons. The molecule has 2 amide bonds. The lowest BCUT2D eigenvalue weighted by molar-refractivity contribution is -0.139. The number of rotatable bonds is 6. The van der Waals surface area contributed by atoms with E-state index < -0.39 is 12.0 Å². The van der Waals surface area contributed by atoms with Gasteiger partial charge in [0.05, 0.1) is 0 Å². The number of carbonyl (C=O) groups is 2. The van der Waals surface area contributed by atoms with Crippen molar-refractivity contribution >= 4 is 12.0 Å². The molecule has 1 aliphatic rings. The van der Waals surface area contributed by atoms with E-state index in [1.165, 1.54) is 6.42 Å². The monoisotopic (exact) mass is 242 g/mol. The lowest BCUT2D eigenvalue weighted by Gasteiger charge is -2.41. The van der Waals surface area contributed by atoms with Crippen molar-refractivity contribution < 1.29 is 14.7 Å². The molecule has 1 fully saturated rings. The zero-order chi connectivity index (χ0) is 12.9. The predicted molar refractivity (Wildman–Crippen MR) is 64.8 cm³/mol. The lowest BCUT2D eigenvalue weighted by atomic mass is 9.67. The van der Waals surface area contributed by atoms with Crippen molar-refractivity contribution in [1.82, 2.24) is 10.6 Å². The molecular weight excluding hydrogens is 220 g/mol. The van der Waals surface area contributed by atoms with Crippen LogP contribution in [0.25, 0.3) is 0 Å². The van der Waals surface area contributed by atoms with Crippen LogP contribution >= 0.6 is 0 Å². The van der Waals surface area contributed by atoms with Crippen LogP contribution in [0.4, 0.5) is 4.79 Å². The highest BCUT2D eigenvalue weighted by Gasteiger charge is 2.35. The number of urea groups is 1. The average Bonchev–Trinajstić information content (AvgIpc) is 2.24. The number of nitrogens with one attached hydrogen (secondary N) is 2. The minimum absolute atomic E-state index is 0.252. The first-order chi connectivity index (χ1) is 8.03. The number of hydrogen-bond donors (Lipinski definition) is 3. The normalized spacial score (nSPS) is 18.9. The van der Waals surface area contributed by atoms with E-state index in [0.717, 1.165) is 19.3 Å². The molecule has 5 nitrogen and oxygen atoms in total. The summed E-state index contributed by atoms with van der Waals surface area (Å²) in [5.41, 5.74) is 0.252. The Kier molecular flexibility index (Phi) is 4.78. The number of aliphatic carboxylic acids is 1. The van der Waals surface area contributed by atoms with Crippen molar-refractivity contribution in [2.75, 3.05) is 6.54 Å². The molecule has 0 unspecified atom stereocenters. The number of amides is 2.